The lowest BCUT2D eigenvalue weighted by Gasteiger charge is -2.13. The maximum atomic E-state index is 11.8. The molecule has 1 aliphatic rings. The average molecular weight is 206 g/mol. The van der Waals surface area contributed by atoms with E-state index >= 15 is 0 Å². The van der Waals surface area contributed by atoms with Crippen LogP contribution in [0.1, 0.15) is 23.2 Å². The standard InChI is InChI=1S/C11H14N2O2/c1-13(2)11(14)9-5-6-12-7-10(9)15-8-3-4-8/h5-8H,3-4H2,1-2H3. The van der Waals surface area contributed by atoms with E-state index in [2.05, 4.69) is 4.98 Å². The van der Waals surface area contributed by atoms with Crippen molar-refractivity contribution in [3.05, 3.63) is 24.0 Å². The van der Waals surface area contributed by atoms with Crippen LogP contribution in [0.2, 0.25) is 0 Å². The minimum absolute atomic E-state index is 0.0481. The number of ether oxygens (including phenoxy) is 1. The minimum Gasteiger partial charge on any atom is -0.488 e. The highest BCUT2D eigenvalue weighted by molar-refractivity contribution is 5.96. The molecule has 80 valence electrons. The van der Waals surface area contributed by atoms with Crippen LogP contribution in [-0.2, 0) is 0 Å². The number of pyridine rings is 1. The van der Waals surface area contributed by atoms with Gasteiger partial charge in [-0.15, -0.1) is 0 Å². The Morgan fingerprint density at radius 2 is 2.27 bits per heavy atom. The van der Waals surface area contributed by atoms with Gasteiger partial charge in [-0.3, -0.25) is 9.78 Å². The Hall–Kier alpha value is -1.58. The van der Waals surface area contributed by atoms with Crippen LogP contribution in [0.5, 0.6) is 5.75 Å². The quantitative estimate of drug-likeness (QED) is 0.749. The maximum absolute atomic E-state index is 11.8. The third-order valence-electron chi connectivity index (χ3n) is 2.24. The summed E-state index contributed by atoms with van der Waals surface area (Å²) in [4.78, 5) is 17.3. The molecule has 1 fully saturated rings. The lowest BCUT2D eigenvalue weighted by molar-refractivity contribution is 0.0822. The molecule has 0 aliphatic heterocycles. The first-order chi connectivity index (χ1) is 7.18. The molecule has 2 rings (SSSR count). The Balaban J connectivity index is 2.23. The minimum atomic E-state index is -0.0481. The van der Waals surface area contributed by atoms with E-state index in [-0.39, 0.29) is 12.0 Å². The van der Waals surface area contributed by atoms with Crippen molar-refractivity contribution >= 4 is 5.91 Å². The smallest absolute Gasteiger partial charge is 0.257 e. The second-order valence-electron chi connectivity index (χ2n) is 3.89. The first-order valence-electron chi connectivity index (χ1n) is 5.01. The number of carbonyl (C=O) groups is 1. The predicted octanol–water partition coefficient (Wildman–Crippen LogP) is 1.32. The molecule has 4 heteroatoms. The number of hydrogen-bond acceptors (Lipinski definition) is 3. The van der Waals surface area contributed by atoms with E-state index in [1.54, 1.807) is 32.6 Å². The Morgan fingerprint density at radius 1 is 1.53 bits per heavy atom. The highest BCUT2D eigenvalue weighted by Crippen LogP contribution is 2.28. The van der Waals surface area contributed by atoms with Crippen LogP contribution < -0.4 is 4.74 Å². The fraction of sp³-hybridized carbons (Fsp3) is 0.455. The van der Waals surface area contributed by atoms with Crippen molar-refractivity contribution in [1.29, 1.82) is 0 Å². The summed E-state index contributed by atoms with van der Waals surface area (Å²) in [6.45, 7) is 0. The first kappa shape index (κ1) is 9.96. The summed E-state index contributed by atoms with van der Waals surface area (Å²) in [7, 11) is 3.45. The molecule has 0 N–H and O–H groups in total. The maximum Gasteiger partial charge on any atom is 0.257 e. The molecule has 0 unspecified atom stereocenters. The van der Waals surface area contributed by atoms with Gasteiger partial charge in [0, 0.05) is 20.3 Å². The second-order valence-corrected chi connectivity index (χ2v) is 3.89. The van der Waals surface area contributed by atoms with Crippen LogP contribution in [0.4, 0.5) is 0 Å². The highest BCUT2D eigenvalue weighted by Gasteiger charge is 2.26. The largest absolute Gasteiger partial charge is 0.488 e. The van der Waals surface area contributed by atoms with Gasteiger partial charge in [-0.25, -0.2) is 0 Å². The summed E-state index contributed by atoms with van der Waals surface area (Å²) >= 11 is 0. The summed E-state index contributed by atoms with van der Waals surface area (Å²) in [5.41, 5.74) is 0.585. The van der Waals surface area contributed by atoms with E-state index in [0.29, 0.717) is 11.3 Å². The van der Waals surface area contributed by atoms with Crippen molar-refractivity contribution in [3.63, 3.8) is 0 Å². The number of amides is 1. The van der Waals surface area contributed by atoms with Crippen molar-refractivity contribution in [2.75, 3.05) is 14.1 Å². The van der Waals surface area contributed by atoms with Gasteiger partial charge in [0.2, 0.25) is 0 Å². The van der Waals surface area contributed by atoms with E-state index in [9.17, 15) is 4.79 Å². The molecule has 0 atom stereocenters. The summed E-state index contributed by atoms with van der Waals surface area (Å²) in [5, 5.41) is 0. The summed E-state index contributed by atoms with van der Waals surface area (Å²) in [5.74, 6) is 0.548. The Morgan fingerprint density at radius 3 is 2.87 bits per heavy atom. The van der Waals surface area contributed by atoms with Crippen molar-refractivity contribution < 1.29 is 9.53 Å². The molecule has 0 radical (unpaired) electrons. The predicted molar refractivity (Wildman–Crippen MR) is 55.9 cm³/mol. The number of carbonyl (C=O) groups excluding carboxylic acids is 1. The van der Waals surface area contributed by atoms with Crippen LogP contribution in [0.15, 0.2) is 18.5 Å². The molecule has 1 aliphatic carbocycles. The molecule has 4 nitrogen and oxygen atoms in total. The molecule has 1 aromatic heterocycles. The van der Waals surface area contributed by atoms with E-state index < -0.39 is 0 Å². The SMILES string of the molecule is CN(C)C(=O)c1ccncc1OC1CC1. The highest BCUT2D eigenvalue weighted by atomic mass is 16.5. The number of rotatable bonds is 3. The van der Waals surface area contributed by atoms with Gasteiger partial charge in [-0.1, -0.05) is 0 Å². The molecule has 0 spiro atoms. The van der Waals surface area contributed by atoms with Crippen molar-refractivity contribution in [2.45, 2.75) is 18.9 Å². The zero-order valence-corrected chi connectivity index (χ0v) is 8.93. The first-order valence-corrected chi connectivity index (χ1v) is 5.01. The van der Waals surface area contributed by atoms with Crippen molar-refractivity contribution in [1.82, 2.24) is 9.88 Å². The molecule has 0 bridgehead atoms. The van der Waals surface area contributed by atoms with E-state index in [1.165, 1.54) is 4.90 Å². The summed E-state index contributed by atoms with van der Waals surface area (Å²) in [6.07, 6.45) is 5.64. The Kier molecular flexibility index (Phi) is 2.58. The van der Waals surface area contributed by atoms with Gasteiger partial charge >= 0.3 is 0 Å². The molecule has 1 amide bonds. The second kappa shape index (κ2) is 3.88. The van der Waals surface area contributed by atoms with Crippen molar-refractivity contribution in [3.8, 4) is 5.75 Å². The fourth-order valence-corrected chi connectivity index (χ4v) is 1.26. The monoisotopic (exact) mass is 206 g/mol. The fourth-order valence-electron chi connectivity index (χ4n) is 1.26. The van der Waals surface area contributed by atoms with E-state index in [4.69, 9.17) is 4.74 Å². The topological polar surface area (TPSA) is 42.4 Å². The molecular formula is C11H14N2O2. The third-order valence-corrected chi connectivity index (χ3v) is 2.24. The van der Waals surface area contributed by atoms with Crippen LogP contribution in [0, 0.1) is 0 Å². The third kappa shape index (κ3) is 2.26. The molecule has 15 heavy (non-hydrogen) atoms. The zero-order valence-electron chi connectivity index (χ0n) is 8.93. The number of hydrogen-bond donors (Lipinski definition) is 0. The van der Waals surface area contributed by atoms with Crippen LogP contribution in [0.3, 0.4) is 0 Å². The molecule has 1 aromatic rings. The van der Waals surface area contributed by atoms with Crippen LogP contribution in [0.25, 0.3) is 0 Å². The molecule has 0 aromatic carbocycles. The summed E-state index contributed by atoms with van der Waals surface area (Å²) in [6, 6.07) is 1.69. The normalized spacial score (nSPS) is 14.8. The number of nitrogens with zero attached hydrogens (tertiary/aromatic N) is 2. The van der Waals surface area contributed by atoms with Gasteiger partial charge in [0.15, 0.2) is 5.75 Å². The molecule has 0 saturated heterocycles. The molecule has 1 heterocycles. The lowest BCUT2D eigenvalue weighted by Crippen LogP contribution is -2.22. The summed E-state index contributed by atoms with van der Waals surface area (Å²) < 4.78 is 5.62. The Bertz CT molecular complexity index is 373. The van der Waals surface area contributed by atoms with Crippen molar-refractivity contribution in [2.24, 2.45) is 0 Å². The van der Waals surface area contributed by atoms with Gasteiger partial charge < -0.3 is 9.64 Å². The Labute approximate surface area is 88.9 Å². The molecular weight excluding hydrogens is 192 g/mol. The van der Waals surface area contributed by atoms with Gasteiger partial charge in [0.05, 0.1) is 17.9 Å². The van der Waals surface area contributed by atoms with E-state index in [1.807, 2.05) is 0 Å². The van der Waals surface area contributed by atoms with Gasteiger partial charge in [-0.2, -0.15) is 0 Å². The van der Waals surface area contributed by atoms with Gasteiger partial charge in [-0.05, 0) is 18.9 Å². The zero-order chi connectivity index (χ0) is 10.8. The number of aromatic nitrogens is 1. The van der Waals surface area contributed by atoms with Gasteiger partial charge in [0.25, 0.3) is 5.91 Å². The van der Waals surface area contributed by atoms with E-state index in [0.717, 1.165) is 12.8 Å². The van der Waals surface area contributed by atoms with Crippen LogP contribution >= 0.6 is 0 Å². The average Bonchev–Trinajstić information content (AvgIpc) is 3.01. The van der Waals surface area contributed by atoms with Gasteiger partial charge in [0.1, 0.15) is 0 Å². The van der Waals surface area contributed by atoms with Crippen LogP contribution in [-0.4, -0.2) is 36.0 Å². The lowest BCUT2D eigenvalue weighted by atomic mass is 10.2. The molecule has 1 saturated carbocycles.